The second-order valence-corrected chi connectivity index (χ2v) is 7.47. The molecule has 0 saturated heterocycles. The highest BCUT2D eigenvalue weighted by Gasteiger charge is 2.20. The van der Waals surface area contributed by atoms with Gasteiger partial charge in [-0.2, -0.15) is 4.52 Å². The van der Waals surface area contributed by atoms with Crippen molar-refractivity contribution in [1.82, 2.24) is 19.2 Å². The number of carbonyl (C=O) groups is 2. The van der Waals surface area contributed by atoms with Gasteiger partial charge in [0, 0.05) is 23.9 Å². The van der Waals surface area contributed by atoms with E-state index in [1.807, 2.05) is 0 Å². The maximum absolute atomic E-state index is 13.0. The molecule has 0 unspecified atom stereocenters. The third-order valence-corrected chi connectivity index (χ3v) is 5.15. The van der Waals surface area contributed by atoms with Crippen molar-refractivity contribution in [3.63, 3.8) is 0 Å². The van der Waals surface area contributed by atoms with Crippen LogP contribution in [-0.2, 0) is 22.6 Å². The van der Waals surface area contributed by atoms with Crippen molar-refractivity contribution in [2.24, 2.45) is 0 Å². The quantitative estimate of drug-likeness (QED) is 0.522. The number of carboxylic acids is 1. The Morgan fingerprint density at radius 2 is 1.97 bits per heavy atom. The number of nitrogens with zero attached hydrogens (tertiary/aromatic N) is 4. The van der Waals surface area contributed by atoms with Gasteiger partial charge in [-0.05, 0) is 25.0 Å². The van der Waals surface area contributed by atoms with Crippen LogP contribution in [0.5, 0.6) is 0 Å². The fourth-order valence-corrected chi connectivity index (χ4v) is 3.76. The number of hydrogen-bond donors (Lipinski definition) is 3. The molecule has 1 aliphatic rings. The van der Waals surface area contributed by atoms with Gasteiger partial charge in [0.15, 0.2) is 5.82 Å². The normalized spacial score (nSPS) is 14.1. The third-order valence-electron chi connectivity index (χ3n) is 5.15. The molecule has 0 atom stereocenters. The van der Waals surface area contributed by atoms with E-state index < -0.39 is 29.7 Å². The van der Waals surface area contributed by atoms with Gasteiger partial charge in [-0.3, -0.25) is 14.4 Å². The van der Waals surface area contributed by atoms with Crippen molar-refractivity contribution in [2.45, 2.75) is 44.7 Å². The third kappa shape index (κ3) is 4.71. The molecule has 0 spiro atoms. The molecule has 4 rings (SSSR count). The van der Waals surface area contributed by atoms with E-state index in [1.165, 1.54) is 10.6 Å². The monoisotopic (exact) mass is 428 g/mol. The van der Waals surface area contributed by atoms with Gasteiger partial charge >= 0.3 is 5.97 Å². The second-order valence-electron chi connectivity index (χ2n) is 7.47. The largest absolute Gasteiger partial charge is 0.481 e. The first-order chi connectivity index (χ1) is 14.9. The summed E-state index contributed by atoms with van der Waals surface area (Å²) in [5, 5.41) is 19.4. The first kappa shape index (κ1) is 20.5. The van der Waals surface area contributed by atoms with Crippen molar-refractivity contribution in [2.75, 3.05) is 10.6 Å². The number of fused-ring (bicyclic) bond motifs is 1. The number of carboxylic acid groups (broad SMARTS) is 1. The van der Waals surface area contributed by atoms with Gasteiger partial charge in [-0.25, -0.2) is 9.37 Å². The number of carbonyl (C=O) groups excluding carboxylic acids is 1. The van der Waals surface area contributed by atoms with Gasteiger partial charge in [0.2, 0.25) is 5.91 Å². The number of nitrogens with one attached hydrogen (secondary N) is 2. The van der Waals surface area contributed by atoms with Crippen LogP contribution < -0.4 is 16.2 Å². The van der Waals surface area contributed by atoms with Crippen LogP contribution >= 0.6 is 0 Å². The number of aromatic nitrogens is 4. The maximum Gasteiger partial charge on any atom is 0.309 e. The lowest BCUT2D eigenvalue weighted by atomic mass is 10.2. The molecule has 0 aliphatic heterocycles. The van der Waals surface area contributed by atoms with Gasteiger partial charge in [0.25, 0.3) is 5.56 Å². The molecule has 0 aromatic carbocycles. The Morgan fingerprint density at radius 3 is 2.65 bits per heavy atom. The van der Waals surface area contributed by atoms with Crippen LogP contribution in [0.2, 0.25) is 0 Å². The van der Waals surface area contributed by atoms with E-state index in [9.17, 15) is 23.9 Å². The number of amides is 1. The topological polar surface area (TPSA) is 131 Å². The first-order valence-electron chi connectivity index (χ1n) is 9.91. The van der Waals surface area contributed by atoms with Gasteiger partial charge in [0.1, 0.15) is 23.8 Å². The van der Waals surface area contributed by atoms with Crippen LogP contribution in [0.1, 0.15) is 31.4 Å². The summed E-state index contributed by atoms with van der Waals surface area (Å²) in [6.07, 6.45) is 4.80. The van der Waals surface area contributed by atoms with Gasteiger partial charge < -0.3 is 20.3 Å². The summed E-state index contributed by atoms with van der Waals surface area (Å²) in [5.74, 6) is -1.54. The zero-order chi connectivity index (χ0) is 22.0. The van der Waals surface area contributed by atoms with Crippen molar-refractivity contribution in [3.8, 4) is 0 Å². The molecule has 1 aliphatic carbocycles. The lowest BCUT2D eigenvalue weighted by Gasteiger charge is -2.14. The molecule has 3 aromatic rings. The maximum atomic E-state index is 13.0. The van der Waals surface area contributed by atoms with Gasteiger partial charge in [0.05, 0.1) is 12.6 Å². The second kappa shape index (κ2) is 8.54. The van der Waals surface area contributed by atoms with E-state index >= 15 is 0 Å². The highest BCUT2D eigenvalue weighted by Crippen LogP contribution is 2.22. The molecule has 1 amide bonds. The Balaban J connectivity index is 1.67. The van der Waals surface area contributed by atoms with E-state index in [0.717, 1.165) is 48.5 Å². The van der Waals surface area contributed by atoms with Crippen LogP contribution in [0.3, 0.4) is 0 Å². The minimum Gasteiger partial charge on any atom is -0.481 e. The summed E-state index contributed by atoms with van der Waals surface area (Å²) >= 11 is 0. The average molecular weight is 428 g/mol. The molecule has 0 bridgehead atoms. The molecule has 3 heterocycles. The summed E-state index contributed by atoms with van der Waals surface area (Å²) in [4.78, 5) is 40.2. The van der Waals surface area contributed by atoms with E-state index in [0.29, 0.717) is 11.5 Å². The summed E-state index contributed by atoms with van der Waals surface area (Å²) in [7, 11) is 0. The Bertz CT molecular complexity index is 1180. The predicted octanol–water partition coefficient (Wildman–Crippen LogP) is 1.65. The van der Waals surface area contributed by atoms with Crippen molar-refractivity contribution in [3.05, 3.63) is 52.3 Å². The van der Waals surface area contributed by atoms with Crippen LogP contribution in [0.15, 0.2) is 35.3 Å². The fourth-order valence-electron chi connectivity index (χ4n) is 3.76. The van der Waals surface area contributed by atoms with E-state index in [2.05, 4.69) is 20.7 Å². The van der Waals surface area contributed by atoms with Gasteiger partial charge in [-0.15, -0.1) is 5.10 Å². The summed E-state index contributed by atoms with van der Waals surface area (Å²) in [6, 6.07) is 5.54. The molecule has 11 heteroatoms. The zero-order valence-electron chi connectivity index (χ0n) is 16.5. The molecule has 31 heavy (non-hydrogen) atoms. The Morgan fingerprint density at radius 1 is 1.19 bits per heavy atom. The number of anilines is 2. The molecule has 10 nitrogen and oxygen atoms in total. The van der Waals surface area contributed by atoms with Crippen molar-refractivity contribution in [1.29, 1.82) is 0 Å². The molecule has 162 valence electrons. The minimum atomic E-state index is -1.14. The molecule has 3 N–H and O–H groups in total. The fraction of sp³-hybridized carbons (Fsp3) is 0.350. The number of pyridine rings is 1. The van der Waals surface area contributed by atoms with E-state index in [-0.39, 0.29) is 24.1 Å². The molecule has 3 aromatic heterocycles. The number of rotatable bonds is 7. The molecular weight excluding hydrogens is 407 g/mol. The zero-order valence-corrected chi connectivity index (χ0v) is 16.5. The molecular formula is C20H21FN6O4. The Labute approximate surface area is 175 Å². The Kier molecular flexibility index (Phi) is 5.65. The van der Waals surface area contributed by atoms with Gasteiger partial charge in [-0.1, -0.05) is 12.8 Å². The first-order valence-corrected chi connectivity index (χ1v) is 9.91. The van der Waals surface area contributed by atoms with Crippen LogP contribution in [0.4, 0.5) is 16.0 Å². The van der Waals surface area contributed by atoms with Crippen molar-refractivity contribution >= 4 is 29.2 Å². The number of hydrogen-bond acceptors (Lipinski definition) is 6. The minimum absolute atomic E-state index is 0.153. The SMILES string of the molecule is O=C(O)Cc1cc(=O)n2nc(NC3CCCC3)cc2n1CC(=O)Nc1ccc(F)cn1. The highest BCUT2D eigenvalue weighted by molar-refractivity contribution is 5.90. The summed E-state index contributed by atoms with van der Waals surface area (Å²) in [5.41, 5.74) is -0.0198. The average Bonchev–Trinajstić information content (AvgIpc) is 3.37. The molecule has 0 radical (unpaired) electrons. The lowest BCUT2D eigenvalue weighted by Crippen LogP contribution is -2.27. The van der Waals surface area contributed by atoms with Crippen LogP contribution in [0, 0.1) is 5.82 Å². The van der Waals surface area contributed by atoms with Crippen molar-refractivity contribution < 1.29 is 19.1 Å². The van der Waals surface area contributed by atoms with E-state index in [4.69, 9.17) is 0 Å². The lowest BCUT2D eigenvalue weighted by molar-refractivity contribution is -0.136. The van der Waals surface area contributed by atoms with Crippen LogP contribution in [-0.4, -0.2) is 42.2 Å². The van der Waals surface area contributed by atoms with E-state index in [1.54, 1.807) is 6.07 Å². The molecule has 1 saturated carbocycles. The highest BCUT2D eigenvalue weighted by atomic mass is 19.1. The Hall–Kier alpha value is -3.76. The number of aliphatic carboxylic acids is 1. The standard InChI is InChI=1S/C20H21FN6O4/c21-12-5-6-15(22-10-12)24-17(28)11-26-14(8-20(30)31)7-19(29)27-18(26)9-16(25-27)23-13-3-1-2-4-13/h5-7,9-10,13H,1-4,8,11H2,(H,23,25)(H,30,31)(H,22,24,28). The summed E-state index contributed by atoms with van der Waals surface area (Å²) in [6.45, 7) is -0.278. The summed E-state index contributed by atoms with van der Waals surface area (Å²) < 4.78 is 15.6. The van der Waals surface area contributed by atoms with Crippen LogP contribution in [0.25, 0.3) is 5.65 Å². The molecule has 1 fully saturated rings. The number of halogens is 1. The predicted molar refractivity (Wildman–Crippen MR) is 109 cm³/mol. The smallest absolute Gasteiger partial charge is 0.309 e.